The van der Waals surface area contributed by atoms with Gasteiger partial charge in [0.1, 0.15) is 12.4 Å². The number of hydrogen-bond acceptors (Lipinski definition) is 8. The van der Waals surface area contributed by atoms with Gasteiger partial charge in [0.15, 0.2) is 16.3 Å². The fraction of sp³-hybridized carbons (Fsp3) is 0.219. The molecule has 44 heavy (non-hydrogen) atoms. The number of ether oxygens (including phenoxy) is 4. The van der Waals surface area contributed by atoms with Crippen LogP contribution in [0.1, 0.15) is 36.6 Å². The second kappa shape index (κ2) is 13.6. The molecule has 3 aromatic carbocycles. The molecule has 5 rings (SSSR count). The molecule has 1 atom stereocenters. The number of fused-ring (bicyclic) bond motifs is 1. The van der Waals surface area contributed by atoms with Gasteiger partial charge in [0.25, 0.3) is 5.56 Å². The van der Waals surface area contributed by atoms with Crippen molar-refractivity contribution in [3.8, 4) is 17.2 Å². The molecule has 2 heterocycles. The monoisotopic (exact) mass is 716 g/mol. The van der Waals surface area contributed by atoms with Gasteiger partial charge in [-0.3, -0.25) is 9.36 Å². The number of carbonyl (C=O) groups excluding carboxylic acids is 1. The van der Waals surface area contributed by atoms with Gasteiger partial charge >= 0.3 is 5.97 Å². The minimum absolute atomic E-state index is 0.158. The lowest BCUT2D eigenvalue weighted by Crippen LogP contribution is -2.40. The molecule has 0 aliphatic carbocycles. The van der Waals surface area contributed by atoms with E-state index in [0.29, 0.717) is 57.9 Å². The van der Waals surface area contributed by atoms with Gasteiger partial charge in [-0.2, -0.15) is 0 Å². The number of methoxy groups -OCH3 is 2. The van der Waals surface area contributed by atoms with Gasteiger partial charge in [-0.25, -0.2) is 9.79 Å². The highest BCUT2D eigenvalue weighted by molar-refractivity contribution is 9.10. The van der Waals surface area contributed by atoms with E-state index >= 15 is 0 Å². The van der Waals surface area contributed by atoms with E-state index in [1.165, 1.54) is 30.1 Å². The molecule has 0 saturated heterocycles. The molecular formula is C32H27BrCl2N2O6S. The summed E-state index contributed by atoms with van der Waals surface area (Å²) in [5, 5.41) is 1.06. The van der Waals surface area contributed by atoms with Gasteiger partial charge in [-0.05, 0) is 61.9 Å². The van der Waals surface area contributed by atoms with Gasteiger partial charge < -0.3 is 18.9 Å². The zero-order valence-electron chi connectivity index (χ0n) is 24.2. The van der Waals surface area contributed by atoms with E-state index in [9.17, 15) is 9.59 Å². The van der Waals surface area contributed by atoms with Gasteiger partial charge in [0.05, 0.1) is 42.7 Å². The molecule has 1 aliphatic heterocycles. The van der Waals surface area contributed by atoms with Gasteiger partial charge in [0, 0.05) is 25.6 Å². The second-order valence-electron chi connectivity index (χ2n) is 9.59. The lowest BCUT2D eigenvalue weighted by molar-refractivity contribution is -0.139. The van der Waals surface area contributed by atoms with Crippen LogP contribution in [0.2, 0.25) is 10.0 Å². The third kappa shape index (κ3) is 6.30. The van der Waals surface area contributed by atoms with E-state index in [0.717, 1.165) is 5.56 Å². The summed E-state index contributed by atoms with van der Waals surface area (Å²) in [6, 6.07) is 15.2. The fourth-order valence-electron chi connectivity index (χ4n) is 4.84. The summed E-state index contributed by atoms with van der Waals surface area (Å²) in [6.45, 7) is 3.83. The second-order valence-corrected chi connectivity index (χ2v) is 12.3. The molecule has 1 aliphatic rings. The number of esters is 1. The van der Waals surface area contributed by atoms with Gasteiger partial charge in [-0.15, -0.1) is 0 Å². The molecule has 0 N–H and O–H groups in total. The average Bonchev–Trinajstić information content (AvgIpc) is 3.30. The van der Waals surface area contributed by atoms with Crippen LogP contribution >= 0.6 is 50.5 Å². The number of thiazole rings is 1. The van der Waals surface area contributed by atoms with Gasteiger partial charge in [0.2, 0.25) is 0 Å². The summed E-state index contributed by atoms with van der Waals surface area (Å²) in [6.07, 6.45) is 1.71. The number of aromatic nitrogens is 1. The molecule has 4 aromatic rings. The van der Waals surface area contributed by atoms with E-state index < -0.39 is 12.0 Å². The standard InChI is InChI=1S/C32H27BrCl2N2O6S/c1-5-42-31(39)28-17(2)36-32-37(29(28)21-14-25(40-3)26(41-4)15-22(21)33)30(38)27(44-32)13-19-12-20(34)10-11-24(19)43-16-18-8-6-7-9-23(18)35/h6-15,29H,5,16H2,1-4H3/b27-13-/t29-/m0/s1. The molecule has 0 saturated carbocycles. The Labute approximate surface area is 275 Å². The Bertz CT molecular complexity index is 1970. The molecule has 228 valence electrons. The number of carbonyl (C=O) groups is 1. The van der Waals surface area contributed by atoms with Crippen molar-refractivity contribution in [2.75, 3.05) is 20.8 Å². The first-order chi connectivity index (χ1) is 21.2. The molecule has 0 spiro atoms. The van der Waals surface area contributed by atoms with Crippen molar-refractivity contribution in [1.82, 2.24) is 4.57 Å². The lowest BCUT2D eigenvalue weighted by Gasteiger charge is -2.26. The van der Waals surface area contributed by atoms with Crippen molar-refractivity contribution < 1.29 is 23.7 Å². The van der Waals surface area contributed by atoms with Crippen LogP contribution in [0.5, 0.6) is 17.2 Å². The highest BCUT2D eigenvalue weighted by atomic mass is 79.9. The molecule has 0 amide bonds. The maximum Gasteiger partial charge on any atom is 0.338 e. The predicted octanol–water partition coefficient (Wildman–Crippen LogP) is 6.46. The van der Waals surface area contributed by atoms with Crippen molar-refractivity contribution in [3.05, 3.63) is 117 Å². The summed E-state index contributed by atoms with van der Waals surface area (Å²) in [5.74, 6) is 0.867. The van der Waals surface area contributed by atoms with Crippen LogP contribution in [-0.2, 0) is 16.1 Å². The number of nitrogens with zero attached hydrogens (tertiary/aromatic N) is 2. The summed E-state index contributed by atoms with van der Waals surface area (Å²) < 4.78 is 25.0. The Hall–Kier alpha value is -3.57. The zero-order chi connectivity index (χ0) is 31.5. The summed E-state index contributed by atoms with van der Waals surface area (Å²) in [5.41, 5.74) is 2.34. The lowest BCUT2D eigenvalue weighted by atomic mass is 9.95. The van der Waals surface area contributed by atoms with Crippen LogP contribution in [0.25, 0.3) is 6.08 Å². The maximum atomic E-state index is 14.2. The largest absolute Gasteiger partial charge is 0.493 e. The minimum atomic E-state index is -0.864. The van der Waals surface area contributed by atoms with E-state index in [-0.39, 0.29) is 24.3 Å². The molecule has 0 unspecified atom stereocenters. The van der Waals surface area contributed by atoms with Crippen molar-refractivity contribution in [3.63, 3.8) is 0 Å². The molecule has 12 heteroatoms. The quantitative estimate of drug-likeness (QED) is 0.185. The van der Waals surface area contributed by atoms with E-state index in [1.807, 2.05) is 18.2 Å². The molecule has 8 nitrogen and oxygen atoms in total. The van der Waals surface area contributed by atoms with Gasteiger partial charge in [-0.1, -0.05) is 68.7 Å². The first-order valence-electron chi connectivity index (χ1n) is 13.4. The van der Waals surface area contributed by atoms with Crippen LogP contribution in [0, 0.1) is 0 Å². The van der Waals surface area contributed by atoms with Crippen LogP contribution in [0.15, 0.2) is 80.1 Å². The number of halogens is 3. The topological polar surface area (TPSA) is 88.4 Å². The SMILES string of the molecule is CCOC(=O)C1=C(C)N=c2s/c(=C\c3cc(Cl)ccc3OCc3ccccc3Cl)c(=O)n2[C@H]1c1cc(OC)c(OC)cc1Br. The number of hydrogen-bond donors (Lipinski definition) is 0. The van der Waals surface area contributed by atoms with E-state index in [2.05, 4.69) is 20.9 Å². The Morgan fingerprint density at radius 3 is 2.50 bits per heavy atom. The molecule has 0 bridgehead atoms. The highest BCUT2D eigenvalue weighted by Crippen LogP contribution is 2.41. The zero-order valence-corrected chi connectivity index (χ0v) is 28.1. The third-order valence-corrected chi connectivity index (χ3v) is 9.19. The minimum Gasteiger partial charge on any atom is -0.493 e. The average molecular weight is 718 g/mol. The molecule has 1 aromatic heterocycles. The van der Waals surface area contributed by atoms with Crippen molar-refractivity contribution in [2.24, 2.45) is 4.99 Å². The number of allylic oxidation sites excluding steroid dienone is 1. The van der Waals surface area contributed by atoms with E-state index in [1.54, 1.807) is 56.3 Å². The summed E-state index contributed by atoms with van der Waals surface area (Å²) in [7, 11) is 3.05. The Morgan fingerprint density at radius 2 is 1.80 bits per heavy atom. The van der Waals surface area contributed by atoms with Crippen molar-refractivity contribution >= 4 is 62.5 Å². The highest BCUT2D eigenvalue weighted by Gasteiger charge is 2.35. The van der Waals surface area contributed by atoms with Crippen LogP contribution in [-0.4, -0.2) is 31.4 Å². The van der Waals surface area contributed by atoms with E-state index in [4.69, 9.17) is 42.1 Å². The number of benzene rings is 3. The molecule has 0 fully saturated rings. The Morgan fingerprint density at radius 1 is 1.07 bits per heavy atom. The first kappa shape index (κ1) is 31.8. The predicted molar refractivity (Wildman–Crippen MR) is 175 cm³/mol. The summed E-state index contributed by atoms with van der Waals surface area (Å²) in [4.78, 5) is 32.6. The smallest absolute Gasteiger partial charge is 0.338 e. The summed E-state index contributed by atoms with van der Waals surface area (Å²) >= 11 is 17.5. The molecular weight excluding hydrogens is 691 g/mol. The number of rotatable bonds is 9. The maximum absolute atomic E-state index is 14.2. The van der Waals surface area contributed by atoms with Crippen LogP contribution in [0.4, 0.5) is 0 Å². The van der Waals surface area contributed by atoms with Crippen LogP contribution in [0.3, 0.4) is 0 Å². The Balaban J connectivity index is 1.68. The fourth-order valence-corrected chi connectivity index (χ4v) is 6.79. The Kier molecular flexibility index (Phi) is 9.84. The normalized spacial score (nSPS) is 14.6. The van der Waals surface area contributed by atoms with Crippen LogP contribution < -0.4 is 29.1 Å². The molecule has 0 radical (unpaired) electrons. The third-order valence-electron chi connectivity index (χ3n) is 6.91. The first-order valence-corrected chi connectivity index (χ1v) is 15.8. The van der Waals surface area contributed by atoms with Crippen molar-refractivity contribution in [2.45, 2.75) is 26.5 Å². The van der Waals surface area contributed by atoms with Crippen molar-refractivity contribution in [1.29, 1.82) is 0 Å².